The molecule has 22 nitrogen and oxygen atoms in total. The van der Waals surface area contributed by atoms with E-state index in [-0.39, 0.29) is 57.9 Å². The van der Waals surface area contributed by atoms with Gasteiger partial charge in [0.2, 0.25) is 0 Å². The van der Waals surface area contributed by atoms with E-state index in [0.29, 0.717) is 76.3 Å². The normalized spacial score (nSPS) is 10.1. The first-order valence-corrected chi connectivity index (χ1v) is 29.4. The number of hydroxylamine groups is 1. The zero-order valence-electron chi connectivity index (χ0n) is 50.4. The Hall–Kier alpha value is -9.56. The second kappa shape index (κ2) is 43.3. The Morgan fingerprint density at radius 1 is 0.574 bits per heavy atom. The Balaban J connectivity index is 0.000000419. The van der Waals surface area contributed by atoms with Crippen LogP contribution in [0.15, 0.2) is 182 Å². The van der Waals surface area contributed by atoms with Gasteiger partial charge in [-0.3, -0.25) is 19.6 Å². The Morgan fingerprint density at radius 3 is 1.30 bits per heavy atom. The molecule has 30 heteroatoms. The standard InChI is InChI=1S/C20H15FN2O3S.C19H14FN3O3S.C11H13NO2.C10H6FNO2S.C4H7ClO2.H3NO.Na.H2O/c1-26-18(24)11-10-13-6-2-5-9-16(13)23-19(25)17-12-22-20(27-17)14-7-3-4-8-15(14)21;20-14-7-3-2-6-13(14)19-21-11-16(27-19)18(25)22-15-8-4-1-5-12(15)9-10-17(24)23-26;1-2-14-11(13)8-7-9-5-3-4-6-10(9)12;11-7-4-2-1-3-6(7)9-12-5-8(15-9)10(13)14;1-3(2)7-4(5)6;1-2;;/h2-12H,1H3,(H,23,25);1-11,26H,(H,22,25)(H,23,24);3-8H,2,12H2,1H3;1-5H,(H,13,14);3H,1-2H3;2H,1H2;;1H2/q;;;;;;+1;/p-1/b11-10+;10-9+;8-7+;;;;;. The molecule has 9 aromatic rings. The van der Waals surface area contributed by atoms with Gasteiger partial charge >= 0.3 is 52.9 Å². The summed E-state index contributed by atoms with van der Waals surface area (Å²) in [5.41, 5.74) is 11.1. The molecule has 0 aliphatic rings. The molecule has 0 fully saturated rings. The Labute approximate surface area is 575 Å². The molecule has 0 radical (unpaired) electrons. The van der Waals surface area contributed by atoms with Gasteiger partial charge in [0.05, 0.1) is 38.4 Å². The van der Waals surface area contributed by atoms with Crippen molar-refractivity contribution in [1.82, 2.24) is 20.4 Å². The summed E-state index contributed by atoms with van der Waals surface area (Å²) in [5.74, 6) is -1.04. The van der Waals surface area contributed by atoms with E-state index >= 15 is 0 Å². The number of carboxylic acid groups (broad SMARTS) is 1. The number of halogens is 4. The number of ether oxygens (including phenoxy) is 3. The molecule has 94 heavy (non-hydrogen) atoms. The van der Waals surface area contributed by atoms with Gasteiger partial charge in [0.25, 0.3) is 17.7 Å². The van der Waals surface area contributed by atoms with E-state index in [1.165, 1.54) is 67.6 Å². The first-order chi connectivity index (χ1) is 44.2. The molecule has 3 heterocycles. The van der Waals surface area contributed by atoms with Crippen LogP contribution < -0.4 is 57.3 Å². The number of methoxy groups -OCH3 is 1. The fourth-order valence-corrected chi connectivity index (χ4v) is 9.55. The smallest absolute Gasteiger partial charge is 0.870 e. The minimum absolute atomic E-state index is 0. The predicted octanol–water partition coefficient (Wildman–Crippen LogP) is 10.5. The van der Waals surface area contributed by atoms with Crippen molar-refractivity contribution < 1.29 is 111 Å². The SMILES string of the molecule is CC(C)OC(=O)Cl.CCOC(=O)/C=C/c1ccccc1N.COC(=O)/C=C/c1ccccc1NC(=O)c1cnc(-c2ccccc2F)s1.NO.O=C(/C=C/c1ccccc1NC(=O)c1cnc(-c2ccccc2F)s1)NO.O=C(O)c1cnc(-c2ccccc2F)s1.[Na+].[OH-]. The topological polar surface area (TPSA) is 365 Å². The molecule has 0 aliphatic carbocycles. The van der Waals surface area contributed by atoms with Gasteiger partial charge in [-0.15, -0.1) is 34.0 Å². The third-order valence-corrected chi connectivity index (χ3v) is 14.2. The van der Waals surface area contributed by atoms with Crippen LogP contribution in [0.5, 0.6) is 0 Å². The van der Waals surface area contributed by atoms with Crippen LogP contribution >= 0.6 is 45.6 Å². The van der Waals surface area contributed by atoms with Gasteiger partial charge in [-0.25, -0.2) is 58.7 Å². The Morgan fingerprint density at radius 2 is 0.936 bits per heavy atom. The maximum atomic E-state index is 13.9. The summed E-state index contributed by atoms with van der Waals surface area (Å²) in [4.78, 5) is 91.7. The van der Waals surface area contributed by atoms with Crippen molar-refractivity contribution in [3.8, 4) is 31.7 Å². The van der Waals surface area contributed by atoms with Gasteiger partial charge in [0.1, 0.15) is 47.1 Å². The van der Waals surface area contributed by atoms with Gasteiger partial charge in [-0.1, -0.05) is 91.0 Å². The maximum absolute atomic E-state index is 13.9. The number of thiazole rings is 3. The van der Waals surface area contributed by atoms with Crippen molar-refractivity contribution >= 4 is 122 Å². The number of nitrogens with two attached hydrogens (primary N) is 2. The predicted molar refractivity (Wildman–Crippen MR) is 350 cm³/mol. The minimum Gasteiger partial charge on any atom is -0.870 e. The van der Waals surface area contributed by atoms with Crippen molar-refractivity contribution in [1.29, 1.82) is 0 Å². The average molecular weight is 1380 g/mol. The first-order valence-electron chi connectivity index (χ1n) is 26.6. The molecule has 0 unspecified atom stereocenters. The van der Waals surface area contributed by atoms with Crippen LogP contribution in [-0.2, 0) is 28.6 Å². The number of carboxylic acids is 1. The molecular formula is C64H59ClF3N8NaO14S3. The molecule has 0 bridgehead atoms. The number of nitrogen functional groups attached to an aromatic ring is 1. The number of amides is 3. The third kappa shape index (κ3) is 27.3. The van der Waals surface area contributed by atoms with E-state index < -0.39 is 46.6 Å². The number of benzene rings is 6. The van der Waals surface area contributed by atoms with Crippen molar-refractivity contribution in [2.75, 3.05) is 30.1 Å². The molecule has 3 amide bonds. The molecule has 11 N–H and O–H groups in total. The average Bonchev–Trinajstić information content (AvgIpc) is 1.95. The number of para-hydroxylation sites is 3. The number of nitrogens with zero attached hydrogens (tertiary/aromatic N) is 3. The third-order valence-electron chi connectivity index (χ3n) is 11.0. The molecule has 6 aromatic carbocycles. The second-order valence-corrected chi connectivity index (χ2v) is 21.1. The van der Waals surface area contributed by atoms with E-state index in [0.717, 1.165) is 45.6 Å². The number of aromatic carboxylic acids is 1. The van der Waals surface area contributed by atoms with E-state index in [1.54, 1.807) is 142 Å². The van der Waals surface area contributed by atoms with Crippen LogP contribution in [0, 0.1) is 17.5 Å². The fraction of sp³-hybridized carbons (Fsp3) is 0.0938. The summed E-state index contributed by atoms with van der Waals surface area (Å²) in [7, 11) is 1.29. The zero-order chi connectivity index (χ0) is 67.5. The number of nitrogens with one attached hydrogen (secondary N) is 3. The molecule has 0 saturated carbocycles. The maximum Gasteiger partial charge on any atom is 1.00 e. The summed E-state index contributed by atoms with van der Waals surface area (Å²) >= 11 is 7.95. The summed E-state index contributed by atoms with van der Waals surface area (Å²) in [6.07, 6.45) is 12.4. The molecule has 9 rings (SSSR count). The van der Waals surface area contributed by atoms with E-state index in [1.807, 2.05) is 18.2 Å². The van der Waals surface area contributed by atoms with Crippen LogP contribution in [0.2, 0.25) is 0 Å². The number of rotatable bonds is 16. The Kier molecular flexibility index (Phi) is 37.1. The van der Waals surface area contributed by atoms with Crippen LogP contribution in [-0.4, -0.2) is 96.8 Å². The van der Waals surface area contributed by atoms with Crippen molar-refractivity contribution in [3.63, 3.8) is 0 Å². The van der Waals surface area contributed by atoms with Gasteiger partial charge in [0.15, 0.2) is 0 Å². The molecule has 486 valence electrons. The number of hydrogen-bond donors (Lipinski definition) is 8. The van der Waals surface area contributed by atoms with Crippen LogP contribution in [0.3, 0.4) is 0 Å². The molecule has 0 saturated heterocycles. The largest absolute Gasteiger partial charge is 1.00 e. The van der Waals surface area contributed by atoms with E-state index in [9.17, 15) is 46.7 Å². The van der Waals surface area contributed by atoms with E-state index in [2.05, 4.69) is 41.0 Å². The van der Waals surface area contributed by atoms with Gasteiger partial charge in [-0.05, 0) is 110 Å². The first kappa shape index (κ1) is 80.5. The number of hydrogen-bond acceptors (Lipinski definition) is 21. The monoisotopic (exact) mass is 1370 g/mol. The summed E-state index contributed by atoms with van der Waals surface area (Å²) in [5, 5.41) is 30.5. The molecular weight excluding hydrogens is 1320 g/mol. The molecule has 0 aliphatic heterocycles. The van der Waals surface area contributed by atoms with Crippen molar-refractivity contribution in [2.24, 2.45) is 5.90 Å². The fourth-order valence-electron chi connectivity index (χ4n) is 6.91. The molecule has 0 spiro atoms. The number of anilines is 3. The Bertz CT molecular complexity index is 3880. The van der Waals surface area contributed by atoms with Crippen molar-refractivity contribution in [3.05, 3.63) is 231 Å². The number of aromatic nitrogens is 3. The number of carbonyl (C=O) groups is 7. The van der Waals surface area contributed by atoms with Gasteiger partial charge in [-0.2, -0.15) is 0 Å². The van der Waals surface area contributed by atoms with Crippen LogP contribution in [0.4, 0.5) is 35.0 Å². The van der Waals surface area contributed by atoms with Crippen LogP contribution in [0.25, 0.3) is 49.9 Å². The molecule has 3 aromatic heterocycles. The summed E-state index contributed by atoms with van der Waals surface area (Å²) in [6.45, 7) is 5.62. The number of carbonyl (C=O) groups excluding carboxylic acids is 6. The second-order valence-electron chi connectivity index (χ2n) is 17.7. The van der Waals surface area contributed by atoms with Crippen molar-refractivity contribution in [2.45, 2.75) is 26.9 Å². The minimum atomic E-state index is -1.05. The number of esters is 2. The molecule has 0 atom stereocenters. The van der Waals surface area contributed by atoms with E-state index in [4.69, 9.17) is 37.6 Å². The zero-order valence-corrected chi connectivity index (χ0v) is 55.6. The summed E-state index contributed by atoms with van der Waals surface area (Å²) in [6, 6.07) is 39.8. The summed E-state index contributed by atoms with van der Waals surface area (Å²) < 4.78 is 54.7. The van der Waals surface area contributed by atoms with Gasteiger partial charge in [0, 0.05) is 63.6 Å². The van der Waals surface area contributed by atoms with Gasteiger partial charge < -0.3 is 46.4 Å². The van der Waals surface area contributed by atoms with Crippen LogP contribution in [0.1, 0.15) is 66.5 Å². The quantitative estimate of drug-likeness (QED) is 0.00651.